The molecule has 1 amide bonds. The first kappa shape index (κ1) is 22.1. The quantitative estimate of drug-likeness (QED) is 0.582. The molecule has 0 unspecified atom stereocenters. The van der Waals surface area contributed by atoms with Crippen molar-refractivity contribution >= 4 is 23.5 Å². The van der Waals surface area contributed by atoms with E-state index in [1.165, 1.54) is 18.9 Å². The highest BCUT2D eigenvalue weighted by Gasteiger charge is 2.63. The zero-order valence-electron chi connectivity index (χ0n) is 18.3. The lowest BCUT2D eigenvalue weighted by molar-refractivity contribution is -0.152. The van der Waals surface area contributed by atoms with Crippen LogP contribution in [0.1, 0.15) is 33.3 Å². The number of nitrogens with zero attached hydrogens (tertiary/aromatic N) is 1. The van der Waals surface area contributed by atoms with Gasteiger partial charge < -0.3 is 24.8 Å². The number of hydrogen-bond acceptors (Lipinski definition) is 7. The minimum Gasteiger partial charge on any atom is -0.465 e. The van der Waals surface area contributed by atoms with Crippen LogP contribution < -0.4 is 10.6 Å². The van der Waals surface area contributed by atoms with Crippen molar-refractivity contribution in [2.45, 2.75) is 38.7 Å². The van der Waals surface area contributed by atoms with Gasteiger partial charge in [-0.25, -0.2) is 9.59 Å². The minimum atomic E-state index is -1.87. The Morgan fingerprint density at radius 1 is 1.23 bits per heavy atom. The molecule has 3 rings (SSSR count). The van der Waals surface area contributed by atoms with Gasteiger partial charge >= 0.3 is 11.9 Å². The molecule has 0 aliphatic carbocycles. The Bertz CT molecular complexity index is 1050. The molecule has 31 heavy (non-hydrogen) atoms. The number of esters is 2. The molecule has 0 aromatic heterocycles. The SMILES string of the molecule is C=CCN1C(=O)[C@@]2(C(C(=O)OC(C)(C)C)=C(C)OC(N)=C2C(=O)OC)c2ccccc21. The Morgan fingerprint density at radius 2 is 1.87 bits per heavy atom. The highest BCUT2D eigenvalue weighted by Crippen LogP contribution is 2.54. The van der Waals surface area contributed by atoms with E-state index < -0.39 is 28.9 Å². The molecule has 164 valence electrons. The van der Waals surface area contributed by atoms with Gasteiger partial charge in [-0.2, -0.15) is 0 Å². The number of ether oxygens (including phenoxy) is 3. The first-order valence-electron chi connectivity index (χ1n) is 9.74. The Balaban J connectivity index is 2.42. The molecule has 2 aliphatic rings. The lowest BCUT2D eigenvalue weighted by atomic mass is 9.67. The zero-order chi connectivity index (χ0) is 23.1. The molecule has 1 aromatic carbocycles. The van der Waals surface area contributed by atoms with Crippen molar-refractivity contribution in [1.29, 1.82) is 0 Å². The maximum absolute atomic E-state index is 14.0. The molecular formula is C23H26N2O6. The summed E-state index contributed by atoms with van der Waals surface area (Å²) in [4.78, 5) is 41.8. The second-order valence-corrected chi connectivity index (χ2v) is 8.24. The highest BCUT2D eigenvalue weighted by atomic mass is 16.6. The molecular weight excluding hydrogens is 400 g/mol. The van der Waals surface area contributed by atoms with Gasteiger partial charge in [0.05, 0.1) is 7.11 Å². The molecule has 0 saturated heterocycles. The van der Waals surface area contributed by atoms with E-state index in [-0.39, 0.29) is 29.3 Å². The second-order valence-electron chi connectivity index (χ2n) is 8.24. The summed E-state index contributed by atoms with van der Waals surface area (Å²) in [6, 6.07) is 6.88. The summed E-state index contributed by atoms with van der Waals surface area (Å²) in [6.07, 6.45) is 1.56. The predicted octanol–water partition coefficient (Wildman–Crippen LogP) is 2.45. The minimum absolute atomic E-state index is 0.0722. The van der Waals surface area contributed by atoms with Crippen LogP contribution in [0.5, 0.6) is 0 Å². The smallest absolute Gasteiger partial charge is 0.340 e. The van der Waals surface area contributed by atoms with Crippen LogP contribution in [0.25, 0.3) is 0 Å². The van der Waals surface area contributed by atoms with Crippen molar-refractivity contribution in [3.63, 3.8) is 0 Å². The van der Waals surface area contributed by atoms with Gasteiger partial charge in [0, 0.05) is 17.8 Å². The van der Waals surface area contributed by atoms with Crippen molar-refractivity contribution in [1.82, 2.24) is 0 Å². The monoisotopic (exact) mass is 426 g/mol. The summed E-state index contributed by atoms with van der Waals surface area (Å²) < 4.78 is 16.1. The maximum Gasteiger partial charge on any atom is 0.340 e. The predicted molar refractivity (Wildman–Crippen MR) is 114 cm³/mol. The van der Waals surface area contributed by atoms with E-state index >= 15 is 0 Å². The first-order chi connectivity index (χ1) is 14.5. The Kier molecular flexibility index (Phi) is 5.43. The summed E-state index contributed by atoms with van der Waals surface area (Å²) in [5.74, 6) is -2.44. The summed E-state index contributed by atoms with van der Waals surface area (Å²) in [5, 5.41) is 0. The summed E-state index contributed by atoms with van der Waals surface area (Å²) in [7, 11) is 1.17. The zero-order valence-corrected chi connectivity index (χ0v) is 18.3. The number of fused-ring (bicyclic) bond motifs is 2. The van der Waals surface area contributed by atoms with Crippen LogP contribution in [-0.4, -0.2) is 37.1 Å². The van der Waals surface area contributed by atoms with Crippen LogP contribution in [0.3, 0.4) is 0 Å². The number of allylic oxidation sites excluding steroid dienone is 1. The third kappa shape index (κ3) is 3.28. The molecule has 0 bridgehead atoms. The number of benzene rings is 1. The number of anilines is 1. The molecule has 1 spiro atoms. The lowest BCUT2D eigenvalue weighted by Gasteiger charge is -2.37. The van der Waals surface area contributed by atoms with Crippen LogP contribution in [-0.2, 0) is 34.0 Å². The van der Waals surface area contributed by atoms with E-state index in [0.29, 0.717) is 11.3 Å². The van der Waals surface area contributed by atoms with Crippen molar-refractivity contribution in [3.8, 4) is 0 Å². The standard InChI is InChI=1S/C23H26N2O6/c1-7-12-25-15-11-9-8-10-14(15)23(21(25)28)16(20(27)31-22(3,4)5)13(2)30-18(24)17(23)19(26)29-6/h7-11H,1,12,24H2,2-6H3/t23-/m1/s1. The summed E-state index contributed by atoms with van der Waals surface area (Å²) >= 11 is 0. The van der Waals surface area contributed by atoms with Crippen LogP contribution in [0.15, 0.2) is 59.7 Å². The summed E-state index contributed by atoms with van der Waals surface area (Å²) in [5.41, 5.74) is 3.95. The largest absolute Gasteiger partial charge is 0.465 e. The number of carbonyl (C=O) groups excluding carboxylic acids is 3. The third-order valence-corrected chi connectivity index (χ3v) is 5.08. The normalized spacial score (nSPS) is 20.5. The molecule has 2 N–H and O–H groups in total. The number of carbonyl (C=O) groups is 3. The molecule has 2 heterocycles. The fraction of sp³-hybridized carbons (Fsp3) is 0.348. The molecule has 1 aromatic rings. The van der Waals surface area contributed by atoms with Gasteiger partial charge in [-0.3, -0.25) is 4.79 Å². The lowest BCUT2D eigenvalue weighted by Crippen LogP contribution is -2.51. The van der Waals surface area contributed by atoms with Gasteiger partial charge in [0.2, 0.25) is 11.8 Å². The second kappa shape index (κ2) is 7.61. The van der Waals surface area contributed by atoms with Gasteiger partial charge in [-0.15, -0.1) is 6.58 Å². The van der Waals surface area contributed by atoms with E-state index in [1.54, 1.807) is 51.1 Å². The average molecular weight is 426 g/mol. The van der Waals surface area contributed by atoms with E-state index in [9.17, 15) is 14.4 Å². The molecule has 8 nitrogen and oxygen atoms in total. The van der Waals surface area contributed by atoms with Gasteiger partial charge in [0.25, 0.3) is 0 Å². The number of amides is 1. The molecule has 0 saturated carbocycles. The molecule has 0 fully saturated rings. The van der Waals surface area contributed by atoms with E-state index in [1.807, 2.05) is 0 Å². The van der Waals surface area contributed by atoms with E-state index in [2.05, 4.69) is 6.58 Å². The van der Waals surface area contributed by atoms with Crippen molar-refractivity contribution in [2.75, 3.05) is 18.6 Å². The average Bonchev–Trinajstić information content (AvgIpc) is 2.90. The third-order valence-electron chi connectivity index (χ3n) is 5.08. The van der Waals surface area contributed by atoms with E-state index in [4.69, 9.17) is 19.9 Å². The fourth-order valence-corrected chi connectivity index (χ4v) is 4.07. The van der Waals surface area contributed by atoms with Crippen LogP contribution in [0.4, 0.5) is 5.69 Å². The van der Waals surface area contributed by atoms with E-state index in [0.717, 1.165) is 0 Å². The number of para-hydroxylation sites is 1. The number of rotatable bonds is 4. The topological polar surface area (TPSA) is 108 Å². The number of methoxy groups -OCH3 is 1. The number of hydrogen-bond donors (Lipinski definition) is 1. The molecule has 1 atom stereocenters. The molecule has 2 aliphatic heterocycles. The Hall–Kier alpha value is -3.55. The number of nitrogens with two attached hydrogens (primary N) is 1. The highest BCUT2D eigenvalue weighted by molar-refractivity contribution is 6.22. The van der Waals surface area contributed by atoms with Crippen molar-refractivity contribution in [3.05, 3.63) is 65.3 Å². The van der Waals surface area contributed by atoms with Crippen LogP contribution in [0, 0.1) is 0 Å². The molecule has 0 radical (unpaired) electrons. The first-order valence-corrected chi connectivity index (χ1v) is 9.74. The van der Waals surface area contributed by atoms with Crippen molar-refractivity contribution in [2.24, 2.45) is 5.73 Å². The van der Waals surface area contributed by atoms with Gasteiger partial charge in [0.1, 0.15) is 27.9 Å². The van der Waals surface area contributed by atoms with Gasteiger partial charge in [-0.05, 0) is 33.8 Å². The molecule has 8 heteroatoms. The Labute approximate surface area is 180 Å². The van der Waals surface area contributed by atoms with Gasteiger partial charge in [-0.1, -0.05) is 24.3 Å². The Morgan fingerprint density at radius 3 is 2.45 bits per heavy atom. The van der Waals surface area contributed by atoms with Gasteiger partial charge in [0.15, 0.2) is 0 Å². The fourth-order valence-electron chi connectivity index (χ4n) is 4.07. The van der Waals surface area contributed by atoms with Crippen LogP contribution in [0.2, 0.25) is 0 Å². The van der Waals surface area contributed by atoms with Crippen LogP contribution >= 0.6 is 0 Å². The van der Waals surface area contributed by atoms with Crippen molar-refractivity contribution < 1.29 is 28.6 Å². The summed E-state index contributed by atoms with van der Waals surface area (Å²) in [6.45, 7) is 10.5. The maximum atomic E-state index is 14.0.